The molecule has 0 aromatic heterocycles. The van der Waals surface area contributed by atoms with E-state index in [1.165, 1.54) is 14.0 Å². The monoisotopic (exact) mass is 247 g/mol. The van der Waals surface area contributed by atoms with Gasteiger partial charge in [-0.3, -0.25) is 4.79 Å². The molecule has 0 aliphatic rings. The van der Waals surface area contributed by atoms with Crippen LogP contribution in [0.2, 0.25) is 0 Å². The van der Waals surface area contributed by atoms with Crippen molar-refractivity contribution in [3.8, 4) is 0 Å². The minimum absolute atomic E-state index is 0.163. The van der Waals surface area contributed by atoms with Gasteiger partial charge in [0.15, 0.2) is 0 Å². The highest BCUT2D eigenvalue weighted by molar-refractivity contribution is 5.94. The third-order valence-corrected chi connectivity index (χ3v) is 2.36. The van der Waals surface area contributed by atoms with E-state index in [9.17, 15) is 9.59 Å². The Morgan fingerprint density at radius 3 is 2.67 bits per heavy atom. The molecule has 4 nitrogen and oxygen atoms in total. The fourth-order valence-corrected chi connectivity index (χ4v) is 1.49. The van der Waals surface area contributed by atoms with Crippen molar-refractivity contribution in [1.82, 2.24) is 5.32 Å². The van der Waals surface area contributed by atoms with E-state index in [1.807, 2.05) is 31.2 Å². The van der Waals surface area contributed by atoms with Crippen LogP contribution in [0.3, 0.4) is 0 Å². The molecule has 0 unspecified atom stereocenters. The van der Waals surface area contributed by atoms with E-state index in [2.05, 4.69) is 10.1 Å². The first-order valence-electron chi connectivity index (χ1n) is 5.63. The molecule has 4 heteroatoms. The van der Waals surface area contributed by atoms with Gasteiger partial charge in [0.25, 0.3) is 0 Å². The highest BCUT2D eigenvalue weighted by atomic mass is 16.5. The smallest absolute Gasteiger partial charge is 0.335 e. The van der Waals surface area contributed by atoms with Crippen LogP contribution in [-0.4, -0.2) is 25.5 Å². The summed E-state index contributed by atoms with van der Waals surface area (Å²) in [7, 11) is 1.32. The summed E-state index contributed by atoms with van der Waals surface area (Å²) in [6, 6.07) is 7.73. The maximum Gasteiger partial charge on any atom is 0.335 e. The fourth-order valence-electron chi connectivity index (χ4n) is 1.49. The van der Waals surface area contributed by atoms with Crippen molar-refractivity contribution < 1.29 is 14.3 Å². The molecule has 0 fully saturated rings. The Kier molecular flexibility index (Phi) is 5.11. The third kappa shape index (κ3) is 4.41. The summed E-state index contributed by atoms with van der Waals surface area (Å²) >= 11 is 0. The second-order valence-electron chi connectivity index (χ2n) is 3.99. The Hall–Kier alpha value is -2.10. The van der Waals surface area contributed by atoms with Crippen LogP contribution >= 0.6 is 0 Å². The van der Waals surface area contributed by atoms with Gasteiger partial charge < -0.3 is 10.1 Å². The molecule has 1 rings (SSSR count). The molecule has 1 aromatic carbocycles. The van der Waals surface area contributed by atoms with Gasteiger partial charge in [0, 0.05) is 13.5 Å². The van der Waals surface area contributed by atoms with Crippen LogP contribution in [0.1, 0.15) is 18.1 Å². The predicted molar refractivity (Wildman–Crippen MR) is 69.9 cm³/mol. The number of esters is 1. The first-order chi connectivity index (χ1) is 8.52. The molecule has 1 amide bonds. The molecule has 0 bridgehead atoms. The Balaban J connectivity index is 2.94. The molecular weight excluding hydrogens is 230 g/mol. The number of ether oxygens (including phenoxy) is 1. The highest BCUT2D eigenvalue weighted by Crippen LogP contribution is 2.10. The number of hydrogen-bond donors (Lipinski definition) is 1. The molecular formula is C14H17NO3. The fraction of sp³-hybridized carbons (Fsp3) is 0.286. The molecule has 0 heterocycles. The van der Waals surface area contributed by atoms with Crippen molar-refractivity contribution in [3.63, 3.8) is 0 Å². The number of carbonyl (C=O) groups excluding carboxylic acids is 2. The number of amides is 1. The Morgan fingerprint density at radius 2 is 2.11 bits per heavy atom. The Labute approximate surface area is 107 Å². The zero-order valence-corrected chi connectivity index (χ0v) is 10.8. The van der Waals surface area contributed by atoms with Crippen LogP contribution in [0.5, 0.6) is 0 Å². The summed E-state index contributed by atoms with van der Waals surface area (Å²) in [5.41, 5.74) is 2.42. The van der Waals surface area contributed by atoms with Crippen LogP contribution in [0.15, 0.2) is 29.8 Å². The third-order valence-electron chi connectivity index (χ3n) is 2.36. The summed E-state index contributed by atoms with van der Waals surface area (Å²) in [5.74, 6) is -0.626. The second kappa shape index (κ2) is 6.59. The topological polar surface area (TPSA) is 55.4 Å². The maximum absolute atomic E-state index is 11.6. The van der Waals surface area contributed by atoms with E-state index in [0.717, 1.165) is 11.1 Å². The molecule has 0 radical (unpaired) electrons. The lowest BCUT2D eigenvalue weighted by molar-refractivity contribution is -0.136. The molecule has 0 saturated heterocycles. The number of benzene rings is 1. The SMILES string of the molecule is COC(=O)/C(=C/c1cccc(C)c1)CNC(C)=O. The molecule has 1 aromatic rings. The van der Waals surface area contributed by atoms with Gasteiger partial charge in [-0.15, -0.1) is 0 Å². The standard InChI is InChI=1S/C14H17NO3/c1-10-5-4-6-12(7-10)8-13(14(17)18-3)9-15-11(2)16/h4-8H,9H2,1-3H3,(H,15,16)/b13-8+. The van der Waals surface area contributed by atoms with E-state index in [1.54, 1.807) is 6.08 Å². The average Bonchev–Trinajstić information content (AvgIpc) is 2.33. The minimum atomic E-state index is -0.440. The molecule has 18 heavy (non-hydrogen) atoms. The van der Waals surface area contributed by atoms with Crippen LogP contribution in [0, 0.1) is 6.92 Å². The van der Waals surface area contributed by atoms with Crippen LogP contribution in [0.4, 0.5) is 0 Å². The molecule has 1 N–H and O–H groups in total. The number of hydrogen-bond acceptors (Lipinski definition) is 3. The summed E-state index contributed by atoms with van der Waals surface area (Å²) in [5, 5.41) is 2.59. The summed E-state index contributed by atoms with van der Waals surface area (Å²) in [6.45, 7) is 3.54. The number of rotatable bonds is 4. The number of carbonyl (C=O) groups is 2. The van der Waals surface area contributed by atoms with Crippen molar-refractivity contribution in [1.29, 1.82) is 0 Å². The summed E-state index contributed by atoms with van der Waals surface area (Å²) in [6.07, 6.45) is 1.72. The molecule has 96 valence electrons. The maximum atomic E-state index is 11.6. The van der Waals surface area contributed by atoms with Gasteiger partial charge in [-0.2, -0.15) is 0 Å². The van der Waals surface area contributed by atoms with Gasteiger partial charge in [-0.05, 0) is 18.6 Å². The molecule has 0 atom stereocenters. The lowest BCUT2D eigenvalue weighted by Crippen LogP contribution is -2.25. The van der Waals surface area contributed by atoms with Crippen molar-refractivity contribution in [3.05, 3.63) is 41.0 Å². The highest BCUT2D eigenvalue weighted by Gasteiger charge is 2.10. The lowest BCUT2D eigenvalue weighted by Gasteiger charge is -2.06. The average molecular weight is 247 g/mol. The minimum Gasteiger partial charge on any atom is -0.466 e. The van der Waals surface area contributed by atoms with Gasteiger partial charge in [0.1, 0.15) is 0 Å². The van der Waals surface area contributed by atoms with Gasteiger partial charge in [-0.1, -0.05) is 29.8 Å². The van der Waals surface area contributed by atoms with E-state index in [0.29, 0.717) is 5.57 Å². The van der Waals surface area contributed by atoms with E-state index >= 15 is 0 Å². The Morgan fingerprint density at radius 1 is 1.39 bits per heavy atom. The molecule has 0 spiro atoms. The van der Waals surface area contributed by atoms with Gasteiger partial charge in [0.2, 0.25) is 5.91 Å². The molecule has 0 aliphatic carbocycles. The Bertz CT molecular complexity index is 478. The van der Waals surface area contributed by atoms with E-state index in [-0.39, 0.29) is 12.5 Å². The van der Waals surface area contributed by atoms with Crippen LogP contribution < -0.4 is 5.32 Å². The number of methoxy groups -OCH3 is 1. The number of aryl methyl sites for hydroxylation is 1. The van der Waals surface area contributed by atoms with E-state index in [4.69, 9.17) is 0 Å². The quantitative estimate of drug-likeness (QED) is 0.650. The summed E-state index contributed by atoms with van der Waals surface area (Å²) in [4.78, 5) is 22.4. The molecule has 0 aliphatic heterocycles. The van der Waals surface area contributed by atoms with E-state index < -0.39 is 5.97 Å². The zero-order valence-electron chi connectivity index (χ0n) is 10.8. The van der Waals surface area contributed by atoms with Crippen molar-refractivity contribution in [2.45, 2.75) is 13.8 Å². The zero-order chi connectivity index (χ0) is 13.5. The largest absolute Gasteiger partial charge is 0.466 e. The van der Waals surface area contributed by atoms with Gasteiger partial charge >= 0.3 is 5.97 Å². The van der Waals surface area contributed by atoms with Crippen molar-refractivity contribution in [2.75, 3.05) is 13.7 Å². The normalized spacial score (nSPS) is 10.9. The number of nitrogens with one attached hydrogen (secondary N) is 1. The first-order valence-corrected chi connectivity index (χ1v) is 5.63. The summed E-state index contributed by atoms with van der Waals surface area (Å²) < 4.78 is 4.69. The molecule has 0 saturated carbocycles. The van der Waals surface area contributed by atoms with Gasteiger partial charge in [0.05, 0.1) is 12.7 Å². The van der Waals surface area contributed by atoms with Crippen molar-refractivity contribution in [2.24, 2.45) is 0 Å². The second-order valence-corrected chi connectivity index (χ2v) is 3.99. The van der Waals surface area contributed by atoms with Crippen LogP contribution in [0.25, 0.3) is 6.08 Å². The van der Waals surface area contributed by atoms with Gasteiger partial charge in [-0.25, -0.2) is 4.79 Å². The van der Waals surface area contributed by atoms with Crippen LogP contribution in [-0.2, 0) is 14.3 Å². The lowest BCUT2D eigenvalue weighted by atomic mass is 10.1. The first kappa shape index (κ1) is 14.0. The van der Waals surface area contributed by atoms with Crippen molar-refractivity contribution >= 4 is 18.0 Å². The predicted octanol–water partition coefficient (Wildman–Crippen LogP) is 1.69.